The molecule has 3 aromatic rings. The van der Waals surface area contributed by atoms with Gasteiger partial charge in [-0.25, -0.2) is 4.98 Å². The van der Waals surface area contributed by atoms with Crippen LogP contribution in [-0.4, -0.2) is 11.0 Å². The zero-order chi connectivity index (χ0) is 14.2. The Morgan fingerprint density at radius 1 is 1.24 bits per heavy atom. The van der Waals surface area contributed by atoms with Gasteiger partial charge in [-0.05, 0) is 43.0 Å². The van der Waals surface area contributed by atoms with E-state index in [2.05, 4.69) is 29.4 Å². The van der Waals surface area contributed by atoms with Gasteiger partial charge in [0.1, 0.15) is 5.76 Å². The monoisotopic (exact) mass is 298 g/mol. The maximum atomic E-state index is 5.93. The molecule has 0 radical (unpaired) electrons. The van der Waals surface area contributed by atoms with Crippen LogP contribution in [0.1, 0.15) is 25.5 Å². The minimum atomic E-state index is 0.663. The predicted molar refractivity (Wildman–Crippen MR) is 86.3 cm³/mol. The van der Waals surface area contributed by atoms with Crippen molar-refractivity contribution in [1.82, 2.24) is 10.3 Å². The van der Waals surface area contributed by atoms with Crippen molar-refractivity contribution in [1.29, 1.82) is 0 Å². The minimum absolute atomic E-state index is 0.663. The molecule has 1 aromatic carbocycles. The molecule has 1 aliphatic carbocycles. The Morgan fingerprint density at radius 2 is 2.10 bits per heavy atom. The van der Waals surface area contributed by atoms with Crippen molar-refractivity contribution in [2.75, 3.05) is 0 Å². The molecule has 1 aliphatic rings. The van der Waals surface area contributed by atoms with Crippen LogP contribution in [-0.2, 0) is 6.54 Å². The molecule has 1 fully saturated rings. The Balaban J connectivity index is 1.48. The summed E-state index contributed by atoms with van der Waals surface area (Å²) < 4.78 is 7.13. The van der Waals surface area contributed by atoms with E-state index in [-0.39, 0.29) is 0 Å². The second-order valence-corrected chi connectivity index (χ2v) is 6.94. The molecule has 0 saturated heterocycles. The molecule has 4 heteroatoms. The van der Waals surface area contributed by atoms with Gasteiger partial charge in [-0.1, -0.05) is 19.1 Å². The maximum absolute atomic E-state index is 5.93. The Bertz CT molecular complexity index is 722. The van der Waals surface area contributed by atoms with Crippen LogP contribution < -0.4 is 5.32 Å². The number of nitrogens with one attached hydrogen (secondary N) is 1. The molecule has 0 aliphatic heterocycles. The highest BCUT2D eigenvalue weighted by atomic mass is 32.1. The van der Waals surface area contributed by atoms with E-state index in [0.29, 0.717) is 6.04 Å². The molecule has 2 aromatic heterocycles. The normalized spacial score (nSPS) is 21.6. The standard InChI is InChI=1S/C17H18N2OS/c1-11-8-12(9-11)18-10-13-6-7-15(20-13)17-19-14-4-2-3-5-16(14)21-17/h2-7,11-12,18H,8-10H2,1H3. The van der Waals surface area contributed by atoms with Gasteiger partial charge >= 0.3 is 0 Å². The van der Waals surface area contributed by atoms with Crippen LogP contribution in [0.4, 0.5) is 0 Å². The topological polar surface area (TPSA) is 38.1 Å². The first-order chi connectivity index (χ1) is 10.3. The first-order valence-corrected chi connectivity index (χ1v) is 8.27. The Hall–Kier alpha value is -1.65. The average Bonchev–Trinajstić information content (AvgIpc) is 3.08. The summed E-state index contributed by atoms with van der Waals surface area (Å²) in [7, 11) is 0. The lowest BCUT2D eigenvalue weighted by Gasteiger charge is -2.33. The van der Waals surface area contributed by atoms with E-state index in [9.17, 15) is 0 Å². The molecule has 21 heavy (non-hydrogen) atoms. The lowest BCUT2D eigenvalue weighted by atomic mass is 9.82. The van der Waals surface area contributed by atoms with Crippen LogP contribution in [0.2, 0.25) is 0 Å². The van der Waals surface area contributed by atoms with Gasteiger partial charge in [-0.2, -0.15) is 0 Å². The van der Waals surface area contributed by atoms with Gasteiger partial charge in [0.15, 0.2) is 10.8 Å². The number of aromatic nitrogens is 1. The maximum Gasteiger partial charge on any atom is 0.163 e. The molecule has 3 nitrogen and oxygen atoms in total. The molecule has 0 spiro atoms. The summed E-state index contributed by atoms with van der Waals surface area (Å²) in [5.74, 6) is 2.73. The third-order valence-electron chi connectivity index (χ3n) is 4.11. The second-order valence-electron chi connectivity index (χ2n) is 5.91. The quantitative estimate of drug-likeness (QED) is 0.773. The lowest BCUT2D eigenvalue weighted by Crippen LogP contribution is -2.39. The van der Waals surface area contributed by atoms with E-state index in [4.69, 9.17) is 4.42 Å². The van der Waals surface area contributed by atoms with Gasteiger partial charge in [-0.3, -0.25) is 0 Å². The van der Waals surface area contributed by atoms with Crippen molar-refractivity contribution in [3.05, 3.63) is 42.2 Å². The Labute approximate surface area is 128 Å². The van der Waals surface area contributed by atoms with E-state index < -0.39 is 0 Å². The number of hydrogen-bond donors (Lipinski definition) is 1. The molecule has 2 heterocycles. The first-order valence-electron chi connectivity index (χ1n) is 7.46. The van der Waals surface area contributed by atoms with Crippen LogP contribution in [0.25, 0.3) is 21.0 Å². The SMILES string of the molecule is CC1CC(NCc2ccc(-c3nc4ccccc4s3)o2)C1. The molecule has 4 rings (SSSR count). The summed E-state index contributed by atoms with van der Waals surface area (Å²) in [6, 6.07) is 12.9. The number of benzene rings is 1. The third-order valence-corrected chi connectivity index (χ3v) is 5.16. The van der Waals surface area contributed by atoms with Gasteiger partial charge in [0, 0.05) is 6.04 Å². The molecule has 0 amide bonds. The van der Waals surface area contributed by atoms with Gasteiger partial charge in [0.05, 0.1) is 16.8 Å². The Morgan fingerprint density at radius 3 is 2.90 bits per heavy atom. The summed E-state index contributed by atoms with van der Waals surface area (Å²) in [6.07, 6.45) is 2.57. The first kappa shape index (κ1) is 13.0. The zero-order valence-corrected chi connectivity index (χ0v) is 12.8. The van der Waals surface area contributed by atoms with E-state index in [1.165, 1.54) is 17.5 Å². The molecular weight excluding hydrogens is 280 g/mol. The summed E-state index contributed by atoms with van der Waals surface area (Å²) >= 11 is 1.68. The van der Waals surface area contributed by atoms with E-state index in [1.807, 2.05) is 24.3 Å². The number of rotatable bonds is 4. The number of fused-ring (bicyclic) bond motifs is 1. The highest BCUT2D eigenvalue weighted by Gasteiger charge is 2.24. The fraction of sp³-hybridized carbons (Fsp3) is 0.353. The summed E-state index contributed by atoms with van der Waals surface area (Å²) in [5, 5.41) is 4.50. The van der Waals surface area contributed by atoms with Crippen LogP contribution in [0, 0.1) is 5.92 Å². The number of thiazole rings is 1. The van der Waals surface area contributed by atoms with Crippen LogP contribution in [0.3, 0.4) is 0 Å². The minimum Gasteiger partial charge on any atom is -0.457 e. The predicted octanol–water partition coefficient (Wildman–Crippen LogP) is 4.44. The molecule has 1 N–H and O–H groups in total. The van der Waals surface area contributed by atoms with Crippen LogP contribution in [0.15, 0.2) is 40.8 Å². The number of para-hydroxylation sites is 1. The highest BCUT2D eigenvalue weighted by Crippen LogP contribution is 2.31. The number of nitrogens with zero attached hydrogens (tertiary/aromatic N) is 1. The summed E-state index contributed by atoms with van der Waals surface area (Å²) in [6.45, 7) is 3.11. The number of hydrogen-bond acceptors (Lipinski definition) is 4. The van der Waals surface area contributed by atoms with Crippen LogP contribution in [0.5, 0.6) is 0 Å². The molecular formula is C17H18N2OS. The summed E-state index contributed by atoms with van der Waals surface area (Å²) in [5.41, 5.74) is 1.04. The van der Waals surface area contributed by atoms with Crippen molar-refractivity contribution in [2.45, 2.75) is 32.4 Å². The van der Waals surface area contributed by atoms with E-state index >= 15 is 0 Å². The van der Waals surface area contributed by atoms with E-state index in [0.717, 1.165) is 34.5 Å². The summed E-state index contributed by atoms with van der Waals surface area (Å²) in [4.78, 5) is 4.63. The van der Waals surface area contributed by atoms with Crippen LogP contribution >= 0.6 is 11.3 Å². The van der Waals surface area contributed by atoms with Crippen molar-refractivity contribution < 1.29 is 4.42 Å². The molecule has 0 atom stereocenters. The largest absolute Gasteiger partial charge is 0.457 e. The van der Waals surface area contributed by atoms with Crippen molar-refractivity contribution in [2.24, 2.45) is 5.92 Å². The number of furan rings is 1. The molecule has 0 bridgehead atoms. The molecule has 1 saturated carbocycles. The average molecular weight is 298 g/mol. The molecule has 0 unspecified atom stereocenters. The highest BCUT2D eigenvalue weighted by molar-refractivity contribution is 7.21. The smallest absolute Gasteiger partial charge is 0.163 e. The third kappa shape index (κ3) is 2.61. The van der Waals surface area contributed by atoms with Crippen molar-refractivity contribution in [3.63, 3.8) is 0 Å². The van der Waals surface area contributed by atoms with Gasteiger partial charge < -0.3 is 9.73 Å². The van der Waals surface area contributed by atoms with Crippen molar-refractivity contribution in [3.8, 4) is 10.8 Å². The van der Waals surface area contributed by atoms with Gasteiger partial charge in [0.25, 0.3) is 0 Å². The van der Waals surface area contributed by atoms with Gasteiger partial charge in [0.2, 0.25) is 0 Å². The second kappa shape index (κ2) is 5.28. The Kier molecular flexibility index (Phi) is 3.28. The van der Waals surface area contributed by atoms with E-state index in [1.54, 1.807) is 11.3 Å². The lowest BCUT2D eigenvalue weighted by molar-refractivity contribution is 0.235. The van der Waals surface area contributed by atoms with Gasteiger partial charge in [-0.15, -0.1) is 11.3 Å². The fourth-order valence-electron chi connectivity index (χ4n) is 2.88. The fourth-order valence-corrected chi connectivity index (χ4v) is 3.81. The molecule has 108 valence electrons. The zero-order valence-electron chi connectivity index (χ0n) is 12.0. The van der Waals surface area contributed by atoms with Crippen molar-refractivity contribution >= 4 is 21.6 Å².